The first-order valence-electron chi connectivity index (χ1n) is 6.31. The molecule has 0 radical (unpaired) electrons. The summed E-state index contributed by atoms with van der Waals surface area (Å²) in [4.78, 5) is 4.13. The van der Waals surface area contributed by atoms with Gasteiger partial charge < -0.3 is 0 Å². The van der Waals surface area contributed by atoms with Crippen LogP contribution in [0.5, 0.6) is 0 Å². The van der Waals surface area contributed by atoms with E-state index in [4.69, 9.17) is 5.26 Å². The number of pyridine rings is 1. The molecule has 2 rings (SSSR count). The zero-order valence-electron chi connectivity index (χ0n) is 11.8. The van der Waals surface area contributed by atoms with Gasteiger partial charge in [-0.2, -0.15) is 9.57 Å². The summed E-state index contributed by atoms with van der Waals surface area (Å²) >= 11 is 0. The standard InChI is InChI=1S/C15H15N3O2S/c1-12-5-6-13(9-16)8-15(12)21(19,20)18(2)11-14-4-3-7-17-10-14/h3-8,10H,11H2,1-2H3. The Kier molecular flexibility index (Phi) is 4.36. The van der Waals surface area contributed by atoms with Crippen LogP contribution in [0, 0.1) is 18.3 Å². The maximum atomic E-state index is 12.6. The Morgan fingerprint density at radius 1 is 1.33 bits per heavy atom. The molecule has 6 heteroatoms. The van der Waals surface area contributed by atoms with E-state index in [1.807, 2.05) is 12.1 Å². The van der Waals surface area contributed by atoms with Crippen molar-refractivity contribution in [2.75, 3.05) is 7.05 Å². The molecular weight excluding hydrogens is 286 g/mol. The van der Waals surface area contributed by atoms with Gasteiger partial charge in [-0.15, -0.1) is 0 Å². The van der Waals surface area contributed by atoms with Crippen molar-refractivity contribution >= 4 is 10.0 Å². The maximum Gasteiger partial charge on any atom is 0.243 e. The zero-order valence-corrected chi connectivity index (χ0v) is 12.6. The summed E-state index contributed by atoms with van der Waals surface area (Å²) in [5.74, 6) is 0. The monoisotopic (exact) mass is 301 g/mol. The van der Waals surface area contributed by atoms with Gasteiger partial charge in [0.05, 0.1) is 16.5 Å². The summed E-state index contributed by atoms with van der Waals surface area (Å²) in [5, 5.41) is 8.93. The van der Waals surface area contributed by atoms with Crippen LogP contribution in [-0.2, 0) is 16.6 Å². The number of benzene rings is 1. The molecule has 0 aliphatic heterocycles. The van der Waals surface area contributed by atoms with Crippen LogP contribution in [-0.4, -0.2) is 24.8 Å². The number of aryl methyl sites for hydroxylation is 1. The molecule has 0 aliphatic carbocycles. The molecule has 1 aromatic heterocycles. The lowest BCUT2D eigenvalue weighted by molar-refractivity contribution is 0.466. The second kappa shape index (κ2) is 6.04. The second-order valence-electron chi connectivity index (χ2n) is 4.71. The second-order valence-corrected chi connectivity index (χ2v) is 6.73. The molecule has 0 spiro atoms. The highest BCUT2D eigenvalue weighted by atomic mass is 32.2. The molecule has 0 saturated carbocycles. The SMILES string of the molecule is Cc1ccc(C#N)cc1S(=O)(=O)N(C)Cc1cccnc1. The van der Waals surface area contributed by atoms with Crippen molar-refractivity contribution < 1.29 is 8.42 Å². The Balaban J connectivity index is 2.36. The van der Waals surface area contributed by atoms with Gasteiger partial charge in [-0.1, -0.05) is 12.1 Å². The van der Waals surface area contributed by atoms with Crippen molar-refractivity contribution in [2.45, 2.75) is 18.4 Å². The molecule has 0 saturated heterocycles. The van der Waals surface area contributed by atoms with E-state index in [2.05, 4.69) is 4.98 Å². The average Bonchev–Trinajstić information content (AvgIpc) is 2.48. The molecule has 21 heavy (non-hydrogen) atoms. The molecule has 1 heterocycles. The lowest BCUT2D eigenvalue weighted by Crippen LogP contribution is -2.27. The summed E-state index contributed by atoms with van der Waals surface area (Å²) in [6.07, 6.45) is 3.27. The molecule has 0 fully saturated rings. The summed E-state index contributed by atoms with van der Waals surface area (Å²) in [6.45, 7) is 1.94. The molecule has 0 unspecified atom stereocenters. The van der Waals surface area contributed by atoms with Gasteiger partial charge in [0.1, 0.15) is 0 Å². The Bertz CT molecular complexity index is 780. The predicted molar refractivity (Wildman–Crippen MR) is 78.8 cm³/mol. The Labute approximate surface area is 124 Å². The highest BCUT2D eigenvalue weighted by Crippen LogP contribution is 2.21. The molecule has 0 N–H and O–H groups in total. The van der Waals surface area contributed by atoms with E-state index in [-0.39, 0.29) is 11.4 Å². The molecule has 0 amide bonds. The van der Waals surface area contributed by atoms with E-state index in [1.54, 1.807) is 37.5 Å². The van der Waals surface area contributed by atoms with E-state index in [1.165, 1.54) is 17.4 Å². The fourth-order valence-corrected chi connectivity index (χ4v) is 3.35. The predicted octanol–water partition coefficient (Wildman–Crippen LogP) is 2.08. The first-order valence-corrected chi connectivity index (χ1v) is 7.75. The van der Waals surface area contributed by atoms with Crippen LogP contribution < -0.4 is 0 Å². The summed E-state index contributed by atoms with van der Waals surface area (Å²) in [6, 6.07) is 10.2. The van der Waals surface area contributed by atoms with Crippen LogP contribution in [0.1, 0.15) is 16.7 Å². The number of rotatable bonds is 4. The molecule has 2 aromatic rings. The van der Waals surface area contributed by atoms with Gasteiger partial charge in [-0.25, -0.2) is 8.42 Å². The Hall–Kier alpha value is -2.23. The van der Waals surface area contributed by atoms with E-state index < -0.39 is 10.0 Å². The van der Waals surface area contributed by atoms with Crippen LogP contribution in [0.3, 0.4) is 0 Å². The van der Waals surface area contributed by atoms with Crippen molar-refractivity contribution in [3.05, 3.63) is 59.4 Å². The fraction of sp³-hybridized carbons (Fsp3) is 0.200. The van der Waals surface area contributed by atoms with Gasteiger partial charge in [-0.05, 0) is 36.2 Å². The topological polar surface area (TPSA) is 74.1 Å². The van der Waals surface area contributed by atoms with Crippen LogP contribution in [0.2, 0.25) is 0 Å². The van der Waals surface area contributed by atoms with Gasteiger partial charge in [-0.3, -0.25) is 4.98 Å². The highest BCUT2D eigenvalue weighted by Gasteiger charge is 2.23. The largest absolute Gasteiger partial charge is 0.264 e. The first-order chi connectivity index (χ1) is 9.95. The van der Waals surface area contributed by atoms with Gasteiger partial charge >= 0.3 is 0 Å². The van der Waals surface area contributed by atoms with Crippen molar-refractivity contribution in [1.29, 1.82) is 5.26 Å². The third kappa shape index (κ3) is 3.27. The van der Waals surface area contributed by atoms with E-state index in [0.29, 0.717) is 11.1 Å². The molecule has 0 aliphatic rings. The van der Waals surface area contributed by atoms with Crippen LogP contribution in [0.4, 0.5) is 0 Å². The number of nitriles is 1. The summed E-state index contributed by atoms with van der Waals surface area (Å²) < 4.78 is 26.5. The summed E-state index contributed by atoms with van der Waals surface area (Å²) in [5.41, 5.74) is 1.75. The van der Waals surface area contributed by atoms with Gasteiger partial charge in [0.25, 0.3) is 0 Å². The molecule has 1 aromatic carbocycles. The number of hydrogen-bond donors (Lipinski definition) is 0. The van der Waals surface area contributed by atoms with Crippen molar-refractivity contribution in [3.63, 3.8) is 0 Å². The minimum Gasteiger partial charge on any atom is -0.264 e. The molecule has 0 atom stereocenters. The lowest BCUT2D eigenvalue weighted by atomic mass is 10.2. The van der Waals surface area contributed by atoms with E-state index in [9.17, 15) is 8.42 Å². The first kappa shape index (κ1) is 15.2. The van der Waals surface area contributed by atoms with Gasteiger partial charge in [0.15, 0.2) is 0 Å². The minimum atomic E-state index is -3.65. The lowest BCUT2D eigenvalue weighted by Gasteiger charge is -2.18. The summed E-state index contributed by atoms with van der Waals surface area (Å²) in [7, 11) is -2.13. The quantitative estimate of drug-likeness (QED) is 0.866. The fourth-order valence-electron chi connectivity index (χ4n) is 1.95. The number of nitrogens with zero attached hydrogens (tertiary/aromatic N) is 3. The third-order valence-corrected chi connectivity index (χ3v) is 5.08. The number of aromatic nitrogens is 1. The van der Waals surface area contributed by atoms with Crippen molar-refractivity contribution in [2.24, 2.45) is 0 Å². The third-order valence-electron chi connectivity index (χ3n) is 3.13. The highest BCUT2D eigenvalue weighted by molar-refractivity contribution is 7.89. The van der Waals surface area contributed by atoms with Gasteiger partial charge in [0.2, 0.25) is 10.0 Å². The zero-order chi connectivity index (χ0) is 15.5. The molecule has 0 bridgehead atoms. The maximum absolute atomic E-state index is 12.6. The Morgan fingerprint density at radius 2 is 2.10 bits per heavy atom. The van der Waals surface area contributed by atoms with Crippen molar-refractivity contribution in [1.82, 2.24) is 9.29 Å². The smallest absolute Gasteiger partial charge is 0.243 e. The van der Waals surface area contributed by atoms with Gasteiger partial charge in [0, 0.05) is 26.0 Å². The van der Waals surface area contributed by atoms with Crippen LogP contribution in [0.15, 0.2) is 47.6 Å². The normalized spacial score (nSPS) is 11.3. The van der Waals surface area contributed by atoms with Crippen LogP contribution in [0.25, 0.3) is 0 Å². The number of sulfonamides is 1. The molecular formula is C15H15N3O2S. The Morgan fingerprint density at radius 3 is 2.71 bits per heavy atom. The minimum absolute atomic E-state index is 0.160. The average molecular weight is 301 g/mol. The van der Waals surface area contributed by atoms with E-state index in [0.717, 1.165) is 5.56 Å². The number of hydrogen-bond acceptors (Lipinski definition) is 4. The van der Waals surface area contributed by atoms with Crippen molar-refractivity contribution in [3.8, 4) is 6.07 Å². The molecule has 108 valence electrons. The van der Waals surface area contributed by atoms with Crippen LogP contribution >= 0.6 is 0 Å². The van der Waals surface area contributed by atoms with E-state index >= 15 is 0 Å². The molecule has 5 nitrogen and oxygen atoms in total.